The number of benzene rings is 1. The Balaban J connectivity index is 2.98. The van der Waals surface area contributed by atoms with E-state index in [1.807, 2.05) is 0 Å². The summed E-state index contributed by atoms with van der Waals surface area (Å²) in [4.78, 5) is 23.6. The smallest absolute Gasteiger partial charge is 0.252 e. The lowest BCUT2D eigenvalue weighted by Crippen LogP contribution is -2.37. The van der Waals surface area contributed by atoms with Gasteiger partial charge in [0.25, 0.3) is 5.91 Å². The number of rotatable bonds is 4. The minimum absolute atomic E-state index is 0.208. The summed E-state index contributed by atoms with van der Waals surface area (Å²) in [7, 11) is 1.52. The van der Waals surface area contributed by atoms with E-state index in [0.29, 0.717) is 16.3 Å². The Bertz CT molecular complexity index is 501. The molecular weight excluding hydrogens is 266 g/mol. The highest BCUT2D eigenvalue weighted by Gasteiger charge is 2.26. The average Bonchev–Trinajstić information content (AvgIpc) is 2.39. The normalized spacial score (nSPS) is 11.0. The van der Waals surface area contributed by atoms with E-state index in [1.54, 1.807) is 26.0 Å². The number of nitrogens with one attached hydrogen (secondary N) is 2. The molecule has 0 saturated heterocycles. The van der Waals surface area contributed by atoms with Crippen molar-refractivity contribution in [2.45, 2.75) is 13.8 Å². The molecule has 1 rings (SSSR count). The Morgan fingerprint density at radius 1 is 1.37 bits per heavy atom. The van der Waals surface area contributed by atoms with Crippen molar-refractivity contribution >= 4 is 29.1 Å². The molecule has 0 aromatic heterocycles. The topological polar surface area (TPSA) is 84.2 Å². The van der Waals surface area contributed by atoms with Crippen molar-refractivity contribution in [1.82, 2.24) is 5.32 Å². The molecule has 6 heteroatoms. The summed E-state index contributed by atoms with van der Waals surface area (Å²) in [5, 5.41) is 5.54. The van der Waals surface area contributed by atoms with Crippen LogP contribution in [0.3, 0.4) is 0 Å². The van der Waals surface area contributed by atoms with Crippen LogP contribution in [0.1, 0.15) is 24.2 Å². The molecule has 0 aliphatic rings. The summed E-state index contributed by atoms with van der Waals surface area (Å²) >= 11 is 5.93. The van der Waals surface area contributed by atoms with Gasteiger partial charge in [0.1, 0.15) is 0 Å². The highest BCUT2D eigenvalue weighted by molar-refractivity contribution is 6.34. The quantitative estimate of drug-likeness (QED) is 0.785. The average molecular weight is 284 g/mol. The van der Waals surface area contributed by atoms with Crippen molar-refractivity contribution in [3.8, 4) is 0 Å². The van der Waals surface area contributed by atoms with E-state index >= 15 is 0 Å². The van der Waals surface area contributed by atoms with Crippen molar-refractivity contribution in [1.29, 1.82) is 0 Å². The van der Waals surface area contributed by atoms with Gasteiger partial charge in [-0.2, -0.15) is 0 Å². The van der Waals surface area contributed by atoms with Crippen LogP contribution in [0, 0.1) is 5.41 Å². The van der Waals surface area contributed by atoms with E-state index < -0.39 is 5.41 Å². The van der Waals surface area contributed by atoms with E-state index in [-0.39, 0.29) is 18.4 Å². The zero-order chi connectivity index (χ0) is 14.6. The molecule has 0 aliphatic heterocycles. The Morgan fingerprint density at radius 2 is 2.00 bits per heavy atom. The van der Waals surface area contributed by atoms with Gasteiger partial charge in [-0.05, 0) is 32.0 Å². The lowest BCUT2D eigenvalue weighted by Gasteiger charge is -2.21. The van der Waals surface area contributed by atoms with Crippen molar-refractivity contribution in [2.24, 2.45) is 11.1 Å². The van der Waals surface area contributed by atoms with Gasteiger partial charge in [0.05, 0.1) is 16.0 Å². The molecule has 0 saturated carbocycles. The molecule has 104 valence electrons. The maximum atomic E-state index is 12.0. The van der Waals surface area contributed by atoms with Crippen LogP contribution < -0.4 is 16.4 Å². The van der Waals surface area contributed by atoms with E-state index in [9.17, 15) is 9.59 Å². The highest BCUT2D eigenvalue weighted by Crippen LogP contribution is 2.22. The van der Waals surface area contributed by atoms with Gasteiger partial charge in [-0.15, -0.1) is 0 Å². The minimum atomic E-state index is -0.674. The van der Waals surface area contributed by atoms with Gasteiger partial charge in [0.2, 0.25) is 5.91 Å². The van der Waals surface area contributed by atoms with Gasteiger partial charge in [-0.1, -0.05) is 11.6 Å². The molecule has 0 bridgehead atoms. The summed E-state index contributed by atoms with van der Waals surface area (Å²) in [5.41, 5.74) is 5.69. The number of halogens is 1. The Morgan fingerprint density at radius 3 is 2.53 bits per heavy atom. The van der Waals surface area contributed by atoms with Crippen LogP contribution in [-0.2, 0) is 4.79 Å². The molecule has 1 aromatic rings. The molecule has 0 unspecified atom stereocenters. The number of carbonyl (C=O) groups is 2. The van der Waals surface area contributed by atoms with Crippen LogP contribution in [0.2, 0.25) is 5.02 Å². The SMILES string of the molecule is CNC(=O)c1cc(NC(=O)C(C)(C)CN)ccc1Cl. The maximum Gasteiger partial charge on any atom is 0.252 e. The molecule has 0 fully saturated rings. The molecule has 0 aliphatic carbocycles. The fourth-order valence-corrected chi connectivity index (χ4v) is 1.51. The maximum absolute atomic E-state index is 12.0. The molecule has 0 radical (unpaired) electrons. The van der Waals surface area contributed by atoms with Gasteiger partial charge >= 0.3 is 0 Å². The Hall–Kier alpha value is -1.59. The van der Waals surface area contributed by atoms with Gasteiger partial charge in [0.15, 0.2) is 0 Å². The first kappa shape index (κ1) is 15.5. The second kappa shape index (κ2) is 6.04. The number of hydrogen-bond donors (Lipinski definition) is 3. The number of carbonyl (C=O) groups excluding carboxylic acids is 2. The zero-order valence-electron chi connectivity index (χ0n) is 11.2. The minimum Gasteiger partial charge on any atom is -0.355 e. The van der Waals surface area contributed by atoms with Crippen LogP contribution in [0.4, 0.5) is 5.69 Å². The summed E-state index contributed by atoms with van der Waals surface area (Å²) in [6.45, 7) is 3.73. The highest BCUT2D eigenvalue weighted by atomic mass is 35.5. The molecule has 0 spiro atoms. The van der Waals surface area contributed by atoms with E-state index in [0.717, 1.165) is 0 Å². The Kier molecular flexibility index (Phi) is 4.91. The van der Waals surface area contributed by atoms with Gasteiger partial charge < -0.3 is 16.4 Å². The molecule has 19 heavy (non-hydrogen) atoms. The van der Waals surface area contributed by atoms with E-state index in [2.05, 4.69) is 10.6 Å². The summed E-state index contributed by atoms with van der Waals surface area (Å²) in [6.07, 6.45) is 0. The van der Waals surface area contributed by atoms with Crippen molar-refractivity contribution in [3.63, 3.8) is 0 Å². The second-order valence-corrected chi connectivity index (χ2v) is 5.22. The summed E-state index contributed by atoms with van der Waals surface area (Å²) in [6, 6.07) is 4.74. The largest absolute Gasteiger partial charge is 0.355 e. The third-order valence-corrected chi connectivity index (χ3v) is 3.15. The number of anilines is 1. The number of hydrogen-bond acceptors (Lipinski definition) is 3. The zero-order valence-corrected chi connectivity index (χ0v) is 12.0. The predicted molar refractivity (Wildman–Crippen MR) is 76.3 cm³/mol. The second-order valence-electron chi connectivity index (χ2n) is 4.82. The van der Waals surface area contributed by atoms with Crippen molar-refractivity contribution in [2.75, 3.05) is 18.9 Å². The van der Waals surface area contributed by atoms with Crippen LogP contribution in [0.5, 0.6) is 0 Å². The first-order valence-electron chi connectivity index (χ1n) is 5.85. The fraction of sp³-hybridized carbons (Fsp3) is 0.385. The molecule has 5 nitrogen and oxygen atoms in total. The first-order chi connectivity index (χ1) is 8.81. The lowest BCUT2D eigenvalue weighted by molar-refractivity contribution is -0.123. The lowest BCUT2D eigenvalue weighted by atomic mass is 9.92. The van der Waals surface area contributed by atoms with Crippen LogP contribution in [0.25, 0.3) is 0 Å². The molecular formula is C13H18ClN3O2. The van der Waals surface area contributed by atoms with Crippen LogP contribution in [0.15, 0.2) is 18.2 Å². The molecule has 2 amide bonds. The van der Waals surface area contributed by atoms with E-state index in [4.69, 9.17) is 17.3 Å². The standard InChI is InChI=1S/C13H18ClN3O2/c1-13(2,7-15)12(19)17-8-4-5-10(14)9(6-8)11(18)16-3/h4-6H,7,15H2,1-3H3,(H,16,18)(H,17,19). The molecule has 0 atom stereocenters. The predicted octanol–water partition coefficient (Wildman–Crippen LogP) is 1.62. The van der Waals surface area contributed by atoms with Crippen molar-refractivity contribution in [3.05, 3.63) is 28.8 Å². The summed E-state index contributed by atoms with van der Waals surface area (Å²) < 4.78 is 0. The van der Waals surface area contributed by atoms with Gasteiger partial charge in [0, 0.05) is 19.3 Å². The molecule has 1 aromatic carbocycles. The number of nitrogens with two attached hydrogens (primary N) is 1. The third-order valence-electron chi connectivity index (χ3n) is 2.82. The number of amides is 2. The van der Waals surface area contributed by atoms with Crippen LogP contribution in [-0.4, -0.2) is 25.4 Å². The van der Waals surface area contributed by atoms with Gasteiger partial charge in [-0.3, -0.25) is 9.59 Å². The van der Waals surface area contributed by atoms with E-state index in [1.165, 1.54) is 13.1 Å². The third kappa shape index (κ3) is 3.68. The monoisotopic (exact) mass is 283 g/mol. The molecule has 0 heterocycles. The first-order valence-corrected chi connectivity index (χ1v) is 6.23. The van der Waals surface area contributed by atoms with Gasteiger partial charge in [-0.25, -0.2) is 0 Å². The molecule has 4 N–H and O–H groups in total. The fourth-order valence-electron chi connectivity index (χ4n) is 1.30. The van der Waals surface area contributed by atoms with Crippen LogP contribution >= 0.6 is 11.6 Å². The Labute approximate surface area is 117 Å². The summed E-state index contributed by atoms with van der Waals surface area (Å²) in [5.74, 6) is -0.514. The van der Waals surface area contributed by atoms with Crippen molar-refractivity contribution < 1.29 is 9.59 Å².